The number of halogens is 2. The molecule has 0 unspecified atom stereocenters. The van der Waals surface area contributed by atoms with Crippen LogP contribution < -0.4 is 15.6 Å². The Labute approximate surface area is 219 Å². The Morgan fingerprint density at radius 1 is 1.13 bits per heavy atom. The highest BCUT2D eigenvalue weighted by molar-refractivity contribution is 5.79. The average molecular weight is 523 g/mol. The summed E-state index contributed by atoms with van der Waals surface area (Å²) in [6, 6.07) is 9.60. The Bertz CT molecular complexity index is 1500. The molecule has 1 fully saturated rings. The maximum absolute atomic E-state index is 14.7. The second-order valence-corrected chi connectivity index (χ2v) is 10.2. The van der Waals surface area contributed by atoms with Crippen LogP contribution in [0, 0.1) is 17.6 Å². The first-order valence-electron chi connectivity index (χ1n) is 12.9. The van der Waals surface area contributed by atoms with Gasteiger partial charge in [-0.1, -0.05) is 0 Å². The van der Waals surface area contributed by atoms with E-state index in [1.54, 1.807) is 38.5 Å². The third kappa shape index (κ3) is 5.54. The number of pyridine rings is 3. The normalized spacial score (nSPS) is 19.7. The summed E-state index contributed by atoms with van der Waals surface area (Å²) in [7, 11) is 3.22. The molecule has 3 aromatic heterocycles. The second-order valence-electron chi connectivity index (χ2n) is 10.2. The van der Waals surface area contributed by atoms with Gasteiger partial charge in [0, 0.05) is 47.3 Å². The Hall–Kier alpha value is -3.43. The minimum Gasteiger partial charge on any atom is -0.481 e. The summed E-state index contributed by atoms with van der Waals surface area (Å²) in [5.41, 5.74) is 2.50. The molecule has 2 N–H and O–H groups in total. The van der Waals surface area contributed by atoms with Crippen LogP contribution >= 0.6 is 0 Å². The van der Waals surface area contributed by atoms with Gasteiger partial charge in [0.15, 0.2) is 0 Å². The zero-order chi connectivity index (χ0) is 26.7. The van der Waals surface area contributed by atoms with Crippen LogP contribution in [0.1, 0.15) is 43.2 Å². The Kier molecular flexibility index (Phi) is 7.67. The van der Waals surface area contributed by atoms with Crippen LogP contribution in [-0.2, 0) is 17.7 Å². The zero-order valence-electron chi connectivity index (χ0n) is 21.7. The van der Waals surface area contributed by atoms with Gasteiger partial charge in [0.05, 0.1) is 30.9 Å². The molecule has 1 aromatic carbocycles. The van der Waals surface area contributed by atoms with E-state index in [2.05, 4.69) is 20.3 Å². The number of nitrogens with one attached hydrogen (secondary N) is 2. The number of H-pyrrole nitrogens is 1. The quantitative estimate of drug-likeness (QED) is 0.320. The number of rotatable bonds is 9. The van der Waals surface area contributed by atoms with E-state index in [-0.39, 0.29) is 22.7 Å². The minimum atomic E-state index is -0.343. The molecule has 5 rings (SSSR count). The van der Waals surface area contributed by atoms with E-state index in [9.17, 15) is 13.6 Å². The van der Waals surface area contributed by atoms with E-state index >= 15 is 0 Å². The van der Waals surface area contributed by atoms with Crippen LogP contribution in [-0.4, -0.2) is 41.3 Å². The van der Waals surface area contributed by atoms with Gasteiger partial charge in [-0.15, -0.1) is 0 Å². The van der Waals surface area contributed by atoms with E-state index in [4.69, 9.17) is 9.47 Å². The van der Waals surface area contributed by atoms with Crippen molar-refractivity contribution in [3.8, 4) is 5.88 Å². The average Bonchev–Trinajstić information content (AvgIpc) is 2.92. The summed E-state index contributed by atoms with van der Waals surface area (Å²) in [4.78, 5) is 24.1. The van der Waals surface area contributed by atoms with E-state index in [0.717, 1.165) is 32.1 Å². The number of nitrogens with zero attached hydrogens (tertiary/aromatic N) is 2. The van der Waals surface area contributed by atoms with Gasteiger partial charge >= 0.3 is 0 Å². The molecule has 4 aromatic rings. The van der Waals surface area contributed by atoms with Crippen LogP contribution in [0.25, 0.3) is 21.9 Å². The molecule has 0 radical (unpaired) electrons. The molecule has 9 heteroatoms. The molecular weight excluding hydrogens is 490 g/mol. The maximum atomic E-state index is 14.7. The summed E-state index contributed by atoms with van der Waals surface area (Å²) >= 11 is 0. The van der Waals surface area contributed by atoms with Gasteiger partial charge in [-0.2, -0.15) is 0 Å². The van der Waals surface area contributed by atoms with Crippen LogP contribution in [0.3, 0.4) is 0 Å². The molecule has 0 saturated heterocycles. The summed E-state index contributed by atoms with van der Waals surface area (Å²) in [5, 5.41) is 4.24. The third-order valence-electron chi connectivity index (χ3n) is 7.77. The van der Waals surface area contributed by atoms with Crippen LogP contribution in [0.5, 0.6) is 5.88 Å². The number of aromatic amines is 1. The Morgan fingerprint density at radius 2 is 1.95 bits per heavy atom. The molecule has 0 amide bonds. The van der Waals surface area contributed by atoms with Gasteiger partial charge in [0.1, 0.15) is 11.6 Å². The monoisotopic (exact) mass is 522 g/mol. The predicted octanol–water partition coefficient (Wildman–Crippen LogP) is 5.06. The lowest BCUT2D eigenvalue weighted by molar-refractivity contribution is 0.0668. The first kappa shape index (κ1) is 26.2. The summed E-state index contributed by atoms with van der Waals surface area (Å²) in [5.74, 6) is 0.189. The minimum absolute atomic E-state index is 0.185. The fourth-order valence-corrected chi connectivity index (χ4v) is 5.58. The second kappa shape index (κ2) is 11.1. The standard InChI is InChI=1S/C29H32F2N4O3/c1-37-17-29(33-15-20-13-19-14-21(30)4-6-24(19)34-28(20)36)11-9-18(10-12-29)3-5-22-23(31)16-32-25-7-8-26(38-2)35-27(22)25/h4,6-8,13-14,16,18,33H,3,5,9-12,15,17H2,1-2H3,(H,34,36). The highest BCUT2D eigenvalue weighted by Crippen LogP contribution is 2.36. The first-order chi connectivity index (χ1) is 18.4. The molecule has 0 aliphatic heterocycles. The van der Waals surface area contributed by atoms with Crippen molar-refractivity contribution >= 4 is 21.9 Å². The van der Waals surface area contributed by atoms with Gasteiger partial charge in [-0.25, -0.2) is 13.8 Å². The molecule has 3 heterocycles. The molecular formula is C29H32F2N4O3. The van der Waals surface area contributed by atoms with Crippen molar-refractivity contribution in [2.45, 2.75) is 50.6 Å². The summed E-state index contributed by atoms with van der Waals surface area (Å²) in [6.45, 7) is 0.880. The highest BCUT2D eigenvalue weighted by Gasteiger charge is 2.35. The van der Waals surface area contributed by atoms with E-state index in [1.807, 2.05) is 0 Å². The lowest BCUT2D eigenvalue weighted by Crippen LogP contribution is -2.51. The molecule has 0 bridgehead atoms. The topological polar surface area (TPSA) is 89.1 Å². The number of hydrogen-bond acceptors (Lipinski definition) is 6. The molecule has 0 spiro atoms. The molecule has 200 valence electrons. The number of fused-ring (bicyclic) bond motifs is 2. The number of aryl methyl sites for hydroxylation is 1. The van der Waals surface area contributed by atoms with Crippen molar-refractivity contribution in [2.24, 2.45) is 5.92 Å². The summed E-state index contributed by atoms with van der Waals surface area (Å²) < 4.78 is 39.2. The van der Waals surface area contributed by atoms with Crippen molar-refractivity contribution < 1.29 is 18.3 Å². The zero-order valence-corrected chi connectivity index (χ0v) is 21.7. The number of methoxy groups -OCH3 is 2. The molecule has 1 aliphatic rings. The highest BCUT2D eigenvalue weighted by atomic mass is 19.1. The first-order valence-corrected chi connectivity index (χ1v) is 12.9. The van der Waals surface area contributed by atoms with Gasteiger partial charge in [0.25, 0.3) is 5.56 Å². The van der Waals surface area contributed by atoms with E-state index in [0.29, 0.717) is 64.4 Å². The van der Waals surface area contributed by atoms with Crippen LogP contribution in [0.15, 0.2) is 47.4 Å². The van der Waals surface area contributed by atoms with Crippen molar-refractivity contribution in [1.82, 2.24) is 20.3 Å². The Morgan fingerprint density at radius 3 is 2.71 bits per heavy atom. The van der Waals surface area contributed by atoms with Gasteiger partial charge in [-0.3, -0.25) is 9.78 Å². The molecule has 1 aliphatic carbocycles. The smallest absolute Gasteiger partial charge is 0.252 e. The fourth-order valence-electron chi connectivity index (χ4n) is 5.58. The molecule has 7 nitrogen and oxygen atoms in total. The predicted molar refractivity (Wildman–Crippen MR) is 142 cm³/mol. The van der Waals surface area contributed by atoms with Crippen LogP contribution in [0.4, 0.5) is 8.78 Å². The Balaban J connectivity index is 1.24. The van der Waals surface area contributed by atoms with Crippen molar-refractivity contribution in [1.29, 1.82) is 0 Å². The number of hydrogen-bond donors (Lipinski definition) is 2. The lowest BCUT2D eigenvalue weighted by Gasteiger charge is -2.41. The lowest BCUT2D eigenvalue weighted by atomic mass is 9.75. The van der Waals surface area contributed by atoms with E-state index < -0.39 is 0 Å². The van der Waals surface area contributed by atoms with Crippen molar-refractivity contribution in [3.63, 3.8) is 0 Å². The van der Waals surface area contributed by atoms with Gasteiger partial charge in [0.2, 0.25) is 5.88 Å². The largest absolute Gasteiger partial charge is 0.481 e. The van der Waals surface area contributed by atoms with Gasteiger partial charge in [-0.05, 0) is 74.8 Å². The number of aromatic nitrogens is 3. The molecule has 38 heavy (non-hydrogen) atoms. The molecule has 0 atom stereocenters. The fraction of sp³-hybridized carbons (Fsp3) is 0.414. The van der Waals surface area contributed by atoms with Crippen molar-refractivity contribution in [2.75, 3.05) is 20.8 Å². The van der Waals surface area contributed by atoms with E-state index in [1.165, 1.54) is 18.3 Å². The van der Waals surface area contributed by atoms with Crippen LogP contribution in [0.2, 0.25) is 0 Å². The SMILES string of the molecule is COCC1(NCc2cc3cc(F)ccc3[nH]c2=O)CCC(CCc2c(F)cnc3ccc(OC)nc23)CC1. The number of benzene rings is 1. The van der Waals surface area contributed by atoms with Crippen molar-refractivity contribution in [3.05, 3.63) is 75.7 Å². The van der Waals surface area contributed by atoms with Gasteiger partial charge < -0.3 is 19.8 Å². The number of ether oxygens (including phenoxy) is 2. The molecule has 1 saturated carbocycles. The summed E-state index contributed by atoms with van der Waals surface area (Å²) in [6.07, 6.45) is 6.34. The maximum Gasteiger partial charge on any atom is 0.252 e. The third-order valence-corrected chi connectivity index (χ3v) is 7.77.